The smallest absolute Gasteiger partial charge is 0.251 e. The van der Waals surface area contributed by atoms with Gasteiger partial charge in [-0.3, -0.25) is 4.79 Å². The van der Waals surface area contributed by atoms with Crippen LogP contribution in [0.2, 0.25) is 5.02 Å². The quantitative estimate of drug-likeness (QED) is 0.609. The summed E-state index contributed by atoms with van der Waals surface area (Å²) >= 11 is 6.32. The Bertz CT molecular complexity index is 1130. The number of carbonyl (C=O) groups is 1. The first-order valence-corrected chi connectivity index (χ1v) is 12.8. The number of halogens is 1. The molecule has 1 aliphatic heterocycles. The normalized spacial score (nSPS) is 16.3. The third-order valence-electron chi connectivity index (χ3n) is 5.71. The highest BCUT2D eigenvalue weighted by Crippen LogP contribution is 2.38. The summed E-state index contributed by atoms with van der Waals surface area (Å²) in [5, 5.41) is 3.22. The third-order valence-corrected chi connectivity index (χ3v) is 7.53. The summed E-state index contributed by atoms with van der Waals surface area (Å²) in [6, 6.07) is 7.76. The lowest BCUT2D eigenvalue weighted by Crippen LogP contribution is -2.33. The van der Waals surface area contributed by atoms with Crippen molar-refractivity contribution in [3.8, 4) is 17.2 Å². The number of sulfonamides is 1. The van der Waals surface area contributed by atoms with Crippen LogP contribution in [0.4, 0.5) is 0 Å². The minimum absolute atomic E-state index is 0.0526. The van der Waals surface area contributed by atoms with E-state index < -0.39 is 15.9 Å². The number of ether oxygens (including phenoxy) is 3. The molecule has 10 heteroatoms. The predicted molar refractivity (Wildman–Crippen MR) is 124 cm³/mol. The van der Waals surface area contributed by atoms with Crippen LogP contribution in [-0.4, -0.2) is 40.7 Å². The molecule has 0 radical (unpaired) electrons. The molecule has 1 amide bonds. The summed E-state index contributed by atoms with van der Waals surface area (Å²) in [6.07, 6.45) is 4.36. The molecule has 2 aliphatic rings. The van der Waals surface area contributed by atoms with Gasteiger partial charge >= 0.3 is 0 Å². The molecule has 1 fully saturated rings. The molecule has 8 nitrogen and oxygen atoms in total. The molecular formula is C23H27ClN2O6S. The second kappa shape index (κ2) is 10.2. The summed E-state index contributed by atoms with van der Waals surface area (Å²) in [7, 11) is -2.43. The second-order valence-electron chi connectivity index (χ2n) is 8.11. The van der Waals surface area contributed by atoms with Crippen molar-refractivity contribution in [1.29, 1.82) is 0 Å². The zero-order chi connectivity index (χ0) is 23.4. The molecule has 0 aromatic heterocycles. The first-order valence-electron chi connectivity index (χ1n) is 10.9. The van der Waals surface area contributed by atoms with Gasteiger partial charge in [0.25, 0.3) is 5.91 Å². The Kier molecular flexibility index (Phi) is 7.31. The second-order valence-corrected chi connectivity index (χ2v) is 10.2. The zero-order valence-corrected chi connectivity index (χ0v) is 19.9. The van der Waals surface area contributed by atoms with Gasteiger partial charge in [-0.15, -0.1) is 0 Å². The van der Waals surface area contributed by atoms with Crippen molar-refractivity contribution in [1.82, 2.24) is 10.0 Å². The molecule has 33 heavy (non-hydrogen) atoms. The Morgan fingerprint density at radius 2 is 1.88 bits per heavy atom. The van der Waals surface area contributed by atoms with E-state index in [2.05, 4.69) is 10.0 Å². The number of hydrogen-bond donors (Lipinski definition) is 2. The van der Waals surface area contributed by atoms with E-state index in [0.717, 1.165) is 37.7 Å². The summed E-state index contributed by atoms with van der Waals surface area (Å²) in [5.41, 5.74) is 0.949. The lowest BCUT2D eigenvalue weighted by molar-refractivity contribution is 0.0950. The summed E-state index contributed by atoms with van der Waals surface area (Å²) in [5.74, 6) is 0.814. The number of benzene rings is 2. The SMILES string of the molecule is COc1ccc(C(=O)NCc2cc(Cl)c3c(c2)OCCCO3)cc1S(=O)(=O)NC1CCCC1. The first kappa shape index (κ1) is 23.7. The van der Waals surface area contributed by atoms with Crippen molar-refractivity contribution in [3.63, 3.8) is 0 Å². The minimum Gasteiger partial charge on any atom is -0.495 e. The van der Waals surface area contributed by atoms with E-state index in [1.54, 1.807) is 12.1 Å². The Hall–Kier alpha value is -2.49. The number of carbonyl (C=O) groups excluding carboxylic acids is 1. The fourth-order valence-electron chi connectivity index (χ4n) is 4.03. The number of methoxy groups -OCH3 is 1. The molecule has 0 atom stereocenters. The molecule has 0 bridgehead atoms. The maximum Gasteiger partial charge on any atom is 0.251 e. The maximum absolute atomic E-state index is 13.0. The van der Waals surface area contributed by atoms with Crippen molar-refractivity contribution in [2.75, 3.05) is 20.3 Å². The molecule has 0 unspecified atom stereocenters. The standard InChI is InChI=1S/C23H27ClN2O6S/c1-30-19-8-7-16(13-21(19)33(28,29)26-17-5-2-3-6-17)23(27)25-14-15-11-18(24)22-20(12-15)31-9-4-10-32-22/h7-8,11-13,17,26H,2-6,9-10,14H2,1H3,(H,25,27). The molecule has 1 heterocycles. The fourth-order valence-corrected chi connectivity index (χ4v) is 5.81. The van der Waals surface area contributed by atoms with Crippen LogP contribution in [-0.2, 0) is 16.6 Å². The minimum atomic E-state index is -3.83. The lowest BCUT2D eigenvalue weighted by Gasteiger charge is -2.16. The molecule has 0 spiro atoms. The van der Waals surface area contributed by atoms with Crippen LogP contribution in [0, 0.1) is 0 Å². The van der Waals surface area contributed by atoms with Gasteiger partial charge in [-0.1, -0.05) is 24.4 Å². The molecular weight excluding hydrogens is 468 g/mol. The topological polar surface area (TPSA) is 103 Å². The Labute approximate surface area is 198 Å². The predicted octanol–water partition coefficient (Wildman–Crippen LogP) is 3.66. The molecule has 1 aliphatic carbocycles. The lowest BCUT2D eigenvalue weighted by atomic mass is 10.1. The fraction of sp³-hybridized carbons (Fsp3) is 0.435. The van der Waals surface area contributed by atoms with Crippen LogP contribution in [0.3, 0.4) is 0 Å². The van der Waals surface area contributed by atoms with Gasteiger partial charge in [0.15, 0.2) is 11.5 Å². The van der Waals surface area contributed by atoms with E-state index in [1.807, 2.05) is 0 Å². The Balaban J connectivity index is 1.50. The van der Waals surface area contributed by atoms with Gasteiger partial charge < -0.3 is 19.5 Å². The van der Waals surface area contributed by atoms with Gasteiger partial charge in [0.05, 0.1) is 25.3 Å². The Morgan fingerprint density at radius 1 is 1.12 bits per heavy atom. The average molecular weight is 495 g/mol. The van der Waals surface area contributed by atoms with Crippen molar-refractivity contribution >= 4 is 27.5 Å². The highest BCUT2D eigenvalue weighted by Gasteiger charge is 2.26. The summed E-state index contributed by atoms with van der Waals surface area (Å²) in [6.45, 7) is 1.24. The van der Waals surface area contributed by atoms with Crippen LogP contribution in [0.5, 0.6) is 17.2 Å². The molecule has 2 N–H and O–H groups in total. The molecule has 4 rings (SSSR count). The summed E-state index contributed by atoms with van der Waals surface area (Å²) in [4.78, 5) is 12.8. The number of nitrogens with one attached hydrogen (secondary N) is 2. The largest absolute Gasteiger partial charge is 0.495 e. The molecule has 0 saturated heterocycles. The highest BCUT2D eigenvalue weighted by atomic mass is 35.5. The van der Waals surface area contributed by atoms with Crippen molar-refractivity contribution in [3.05, 3.63) is 46.5 Å². The average Bonchev–Trinajstić information content (AvgIpc) is 3.18. The van der Waals surface area contributed by atoms with Gasteiger partial charge in [0, 0.05) is 24.6 Å². The zero-order valence-electron chi connectivity index (χ0n) is 18.4. The van der Waals surface area contributed by atoms with E-state index in [1.165, 1.54) is 25.3 Å². The van der Waals surface area contributed by atoms with Crippen LogP contribution in [0.1, 0.15) is 48.0 Å². The van der Waals surface area contributed by atoms with Gasteiger partial charge in [-0.25, -0.2) is 13.1 Å². The van der Waals surface area contributed by atoms with Gasteiger partial charge in [-0.2, -0.15) is 0 Å². The van der Waals surface area contributed by atoms with Crippen LogP contribution in [0.25, 0.3) is 0 Å². The van der Waals surface area contributed by atoms with E-state index in [-0.39, 0.29) is 28.8 Å². The van der Waals surface area contributed by atoms with E-state index in [0.29, 0.717) is 29.7 Å². The maximum atomic E-state index is 13.0. The molecule has 178 valence electrons. The van der Waals surface area contributed by atoms with Gasteiger partial charge in [0.2, 0.25) is 10.0 Å². The van der Waals surface area contributed by atoms with Gasteiger partial charge in [-0.05, 0) is 48.7 Å². The molecule has 1 saturated carbocycles. The highest BCUT2D eigenvalue weighted by molar-refractivity contribution is 7.89. The monoisotopic (exact) mass is 494 g/mol. The number of amides is 1. The van der Waals surface area contributed by atoms with Crippen LogP contribution < -0.4 is 24.2 Å². The van der Waals surface area contributed by atoms with Crippen molar-refractivity contribution in [2.45, 2.75) is 49.6 Å². The van der Waals surface area contributed by atoms with Crippen LogP contribution >= 0.6 is 11.6 Å². The van der Waals surface area contributed by atoms with E-state index in [9.17, 15) is 13.2 Å². The number of fused-ring (bicyclic) bond motifs is 1. The van der Waals surface area contributed by atoms with E-state index >= 15 is 0 Å². The third kappa shape index (κ3) is 5.54. The first-order chi connectivity index (χ1) is 15.9. The van der Waals surface area contributed by atoms with Crippen molar-refractivity contribution < 1.29 is 27.4 Å². The molecule has 2 aromatic rings. The Morgan fingerprint density at radius 3 is 2.64 bits per heavy atom. The van der Waals surface area contributed by atoms with E-state index in [4.69, 9.17) is 25.8 Å². The van der Waals surface area contributed by atoms with Gasteiger partial charge in [0.1, 0.15) is 10.6 Å². The summed E-state index contributed by atoms with van der Waals surface area (Å²) < 4.78 is 45.2. The van der Waals surface area contributed by atoms with Crippen molar-refractivity contribution in [2.24, 2.45) is 0 Å². The number of hydrogen-bond acceptors (Lipinski definition) is 6. The molecule has 2 aromatic carbocycles. The number of rotatable bonds is 7. The van der Waals surface area contributed by atoms with Crippen LogP contribution in [0.15, 0.2) is 35.2 Å².